The SMILES string of the molecule is Cc1cc(C(=O)O)c(C)n1-c1ccc(O)cc1. The Kier molecular flexibility index (Phi) is 2.63. The van der Waals surface area contributed by atoms with Crippen LogP contribution in [0.5, 0.6) is 5.75 Å². The summed E-state index contributed by atoms with van der Waals surface area (Å²) in [7, 11) is 0. The maximum Gasteiger partial charge on any atom is 0.337 e. The van der Waals surface area contributed by atoms with Crippen LogP contribution in [0.4, 0.5) is 0 Å². The second kappa shape index (κ2) is 3.97. The fourth-order valence-corrected chi connectivity index (χ4v) is 1.98. The summed E-state index contributed by atoms with van der Waals surface area (Å²) in [5, 5.41) is 18.3. The molecule has 2 rings (SSSR count). The van der Waals surface area contributed by atoms with Crippen LogP contribution in [0, 0.1) is 13.8 Å². The van der Waals surface area contributed by atoms with E-state index in [4.69, 9.17) is 5.11 Å². The van der Waals surface area contributed by atoms with E-state index in [2.05, 4.69) is 0 Å². The van der Waals surface area contributed by atoms with Crippen molar-refractivity contribution in [3.8, 4) is 11.4 Å². The van der Waals surface area contributed by atoms with Crippen LogP contribution in [0.3, 0.4) is 0 Å². The van der Waals surface area contributed by atoms with Gasteiger partial charge in [-0.15, -0.1) is 0 Å². The van der Waals surface area contributed by atoms with Crippen molar-refractivity contribution in [3.05, 3.63) is 47.3 Å². The lowest BCUT2D eigenvalue weighted by molar-refractivity contribution is 0.0696. The number of carboxylic acid groups (broad SMARTS) is 1. The predicted molar refractivity (Wildman–Crippen MR) is 63.9 cm³/mol. The molecule has 1 heterocycles. The third-order valence-electron chi connectivity index (χ3n) is 2.77. The molecule has 0 amide bonds. The maximum atomic E-state index is 11.0. The second-order valence-electron chi connectivity index (χ2n) is 3.94. The number of rotatable bonds is 2. The Hall–Kier alpha value is -2.23. The van der Waals surface area contributed by atoms with Crippen LogP contribution in [0.2, 0.25) is 0 Å². The first-order chi connectivity index (χ1) is 8.00. The van der Waals surface area contributed by atoms with Crippen LogP contribution in [0.15, 0.2) is 30.3 Å². The Morgan fingerprint density at radius 3 is 2.24 bits per heavy atom. The van der Waals surface area contributed by atoms with Gasteiger partial charge >= 0.3 is 5.97 Å². The lowest BCUT2D eigenvalue weighted by Crippen LogP contribution is -2.02. The molecule has 88 valence electrons. The number of aromatic nitrogens is 1. The number of phenols is 1. The Morgan fingerprint density at radius 1 is 1.18 bits per heavy atom. The van der Waals surface area contributed by atoms with Crippen LogP contribution >= 0.6 is 0 Å². The Balaban J connectivity index is 2.59. The van der Waals surface area contributed by atoms with E-state index < -0.39 is 5.97 Å². The van der Waals surface area contributed by atoms with Crippen molar-refractivity contribution in [1.29, 1.82) is 0 Å². The molecule has 0 aliphatic carbocycles. The monoisotopic (exact) mass is 231 g/mol. The summed E-state index contributed by atoms with van der Waals surface area (Å²) >= 11 is 0. The lowest BCUT2D eigenvalue weighted by atomic mass is 10.2. The van der Waals surface area contributed by atoms with Crippen molar-refractivity contribution in [2.75, 3.05) is 0 Å². The zero-order valence-corrected chi connectivity index (χ0v) is 9.64. The van der Waals surface area contributed by atoms with Gasteiger partial charge in [-0.05, 0) is 44.2 Å². The van der Waals surface area contributed by atoms with E-state index in [0.717, 1.165) is 11.4 Å². The molecule has 0 unspecified atom stereocenters. The first-order valence-corrected chi connectivity index (χ1v) is 5.22. The molecule has 0 saturated heterocycles. The molecule has 1 aromatic carbocycles. The van der Waals surface area contributed by atoms with Crippen molar-refractivity contribution in [2.24, 2.45) is 0 Å². The fraction of sp³-hybridized carbons (Fsp3) is 0.154. The zero-order valence-electron chi connectivity index (χ0n) is 9.64. The molecule has 1 aromatic heterocycles. The summed E-state index contributed by atoms with van der Waals surface area (Å²) in [6.07, 6.45) is 0. The van der Waals surface area contributed by atoms with E-state index in [0.29, 0.717) is 11.3 Å². The van der Waals surface area contributed by atoms with Crippen molar-refractivity contribution >= 4 is 5.97 Å². The Morgan fingerprint density at radius 2 is 1.76 bits per heavy atom. The Bertz CT molecular complexity index is 567. The van der Waals surface area contributed by atoms with Gasteiger partial charge in [-0.25, -0.2) is 4.79 Å². The van der Waals surface area contributed by atoms with Gasteiger partial charge in [0.25, 0.3) is 0 Å². The molecule has 4 nitrogen and oxygen atoms in total. The number of aromatic hydroxyl groups is 1. The molecule has 17 heavy (non-hydrogen) atoms. The molecule has 0 spiro atoms. The molecule has 0 atom stereocenters. The fourth-order valence-electron chi connectivity index (χ4n) is 1.98. The number of hydrogen-bond donors (Lipinski definition) is 2. The highest BCUT2D eigenvalue weighted by molar-refractivity contribution is 5.89. The number of phenolic OH excluding ortho intramolecular Hbond substituents is 1. The molecule has 2 aromatic rings. The quantitative estimate of drug-likeness (QED) is 0.834. The molecule has 0 saturated carbocycles. The van der Waals surface area contributed by atoms with Crippen molar-refractivity contribution in [3.63, 3.8) is 0 Å². The average molecular weight is 231 g/mol. The van der Waals surface area contributed by atoms with E-state index in [-0.39, 0.29) is 5.75 Å². The van der Waals surface area contributed by atoms with Crippen LogP contribution in [-0.2, 0) is 0 Å². The highest BCUT2D eigenvalue weighted by atomic mass is 16.4. The largest absolute Gasteiger partial charge is 0.508 e. The van der Waals surface area contributed by atoms with Crippen molar-refractivity contribution < 1.29 is 15.0 Å². The topological polar surface area (TPSA) is 62.5 Å². The summed E-state index contributed by atoms with van der Waals surface area (Å²) in [5.74, 6) is -0.738. The number of aryl methyl sites for hydroxylation is 1. The van der Waals surface area contributed by atoms with Gasteiger partial charge < -0.3 is 14.8 Å². The summed E-state index contributed by atoms with van der Waals surface area (Å²) in [4.78, 5) is 11.0. The van der Waals surface area contributed by atoms with E-state index in [9.17, 15) is 9.90 Å². The standard InChI is InChI=1S/C13H13NO3/c1-8-7-12(13(16)17)9(2)14(8)10-3-5-11(15)6-4-10/h3-7,15H,1-2H3,(H,16,17). The van der Waals surface area contributed by atoms with Gasteiger partial charge in [-0.2, -0.15) is 0 Å². The van der Waals surface area contributed by atoms with Crippen molar-refractivity contribution in [2.45, 2.75) is 13.8 Å². The first-order valence-electron chi connectivity index (χ1n) is 5.22. The van der Waals surface area contributed by atoms with Crippen molar-refractivity contribution in [1.82, 2.24) is 4.57 Å². The normalized spacial score (nSPS) is 10.5. The predicted octanol–water partition coefficient (Wildman–Crippen LogP) is 2.50. The van der Waals surface area contributed by atoms with Gasteiger partial charge in [-0.1, -0.05) is 0 Å². The van der Waals surface area contributed by atoms with Gasteiger partial charge in [0, 0.05) is 17.1 Å². The maximum absolute atomic E-state index is 11.0. The van der Waals surface area contributed by atoms with Gasteiger partial charge in [0.15, 0.2) is 0 Å². The average Bonchev–Trinajstić information content (AvgIpc) is 2.56. The van der Waals surface area contributed by atoms with Crippen LogP contribution in [0.25, 0.3) is 5.69 Å². The molecular formula is C13H13NO3. The smallest absolute Gasteiger partial charge is 0.337 e. The third-order valence-corrected chi connectivity index (χ3v) is 2.77. The van der Waals surface area contributed by atoms with E-state index >= 15 is 0 Å². The number of benzene rings is 1. The molecule has 0 aliphatic heterocycles. The minimum absolute atomic E-state index is 0.190. The summed E-state index contributed by atoms with van der Waals surface area (Å²) < 4.78 is 1.85. The third kappa shape index (κ3) is 1.89. The number of hydrogen-bond acceptors (Lipinski definition) is 2. The summed E-state index contributed by atoms with van der Waals surface area (Å²) in [5.41, 5.74) is 2.67. The molecule has 0 aliphatic rings. The lowest BCUT2D eigenvalue weighted by Gasteiger charge is -2.09. The molecule has 2 N–H and O–H groups in total. The minimum atomic E-state index is -0.928. The minimum Gasteiger partial charge on any atom is -0.508 e. The number of carboxylic acids is 1. The van der Waals surface area contributed by atoms with Crippen LogP contribution < -0.4 is 0 Å². The highest BCUT2D eigenvalue weighted by Crippen LogP contribution is 2.22. The van der Waals surface area contributed by atoms with Gasteiger partial charge in [0.1, 0.15) is 5.75 Å². The second-order valence-corrected chi connectivity index (χ2v) is 3.94. The molecular weight excluding hydrogens is 218 g/mol. The van der Waals surface area contributed by atoms with Gasteiger partial charge in [0.05, 0.1) is 5.56 Å². The number of nitrogens with zero attached hydrogens (tertiary/aromatic N) is 1. The molecule has 0 bridgehead atoms. The van der Waals surface area contributed by atoms with Gasteiger partial charge in [-0.3, -0.25) is 0 Å². The molecule has 4 heteroatoms. The van der Waals surface area contributed by atoms with E-state index in [1.807, 2.05) is 11.5 Å². The molecule has 0 radical (unpaired) electrons. The molecule has 0 fully saturated rings. The summed E-state index contributed by atoms with van der Waals surface area (Å²) in [6.45, 7) is 3.62. The van der Waals surface area contributed by atoms with Gasteiger partial charge in [0.2, 0.25) is 0 Å². The van der Waals surface area contributed by atoms with Crippen LogP contribution in [-0.4, -0.2) is 20.7 Å². The first kappa shape index (κ1) is 11.3. The zero-order chi connectivity index (χ0) is 12.6. The van der Waals surface area contributed by atoms with E-state index in [1.165, 1.54) is 0 Å². The van der Waals surface area contributed by atoms with E-state index in [1.54, 1.807) is 37.3 Å². The summed E-state index contributed by atoms with van der Waals surface area (Å²) in [6, 6.07) is 8.30. The highest BCUT2D eigenvalue weighted by Gasteiger charge is 2.15. The number of aromatic carboxylic acids is 1. The van der Waals surface area contributed by atoms with Crippen LogP contribution in [0.1, 0.15) is 21.7 Å². The Labute approximate surface area is 98.8 Å². The number of carbonyl (C=O) groups is 1.